The Hall–Kier alpha value is -2.55. The number of rotatable bonds is 2. The molecule has 0 bridgehead atoms. The summed E-state index contributed by atoms with van der Waals surface area (Å²) in [5.74, 6) is 1.36. The monoisotopic (exact) mass is 346 g/mol. The van der Waals surface area contributed by atoms with Crippen molar-refractivity contribution in [2.45, 2.75) is 6.42 Å². The summed E-state index contributed by atoms with van der Waals surface area (Å²) in [6.45, 7) is 0. The van der Waals surface area contributed by atoms with Crippen LogP contribution >= 0.6 is 15.9 Å². The van der Waals surface area contributed by atoms with E-state index in [9.17, 15) is 0 Å². The van der Waals surface area contributed by atoms with Gasteiger partial charge in [-0.1, -0.05) is 34.1 Å². The lowest BCUT2D eigenvalue weighted by molar-refractivity contribution is 0.814. The number of hydrazone groups is 1. The van der Waals surface area contributed by atoms with E-state index in [1.165, 1.54) is 11.0 Å². The van der Waals surface area contributed by atoms with Gasteiger partial charge in [0.05, 0.1) is 12.6 Å². The minimum Gasteiger partial charge on any atom is -0.385 e. The summed E-state index contributed by atoms with van der Waals surface area (Å²) in [7, 11) is 0. The highest BCUT2D eigenvalue weighted by atomic mass is 79.9. The summed E-state index contributed by atoms with van der Waals surface area (Å²) in [4.78, 5) is 4.11. The van der Waals surface area contributed by atoms with Crippen molar-refractivity contribution in [3.05, 3.63) is 46.5 Å². The number of nitrogens with one attached hydrogen (secondary N) is 1. The Morgan fingerprint density at radius 2 is 2.19 bits per heavy atom. The van der Waals surface area contributed by atoms with Crippen LogP contribution in [0.4, 0.5) is 0 Å². The van der Waals surface area contributed by atoms with Gasteiger partial charge in [-0.15, -0.1) is 10.2 Å². The second-order valence-corrected chi connectivity index (χ2v) is 5.03. The largest absolute Gasteiger partial charge is 0.385 e. The molecular weight excluding hydrogens is 336 g/mol. The lowest BCUT2D eigenvalue weighted by Gasteiger charge is -2.04. The fourth-order valence-corrected chi connectivity index (χ4v) is 2.11. The van der Waals surface area contributed by atoms with Gasteiger partial charge in [0.1, 0.15) is 18.0 Å². The summed E-state index contributed by atoms with van der Waals surface area (Å²) >= 11 is 3.45. The van der Waals surface area contributed by atoms with Crippen LogP contribution in [0.3, 0.4) is 0 Å². The van der Waals surface area contributed by atoms with Crippen LogP contribution in [0.2, 0.25) is 0 Å². The van der Waals surface area contributed by atoms with Gasteiger partial charge in [-0.25, -0.2) is 10.4 Å². The summed E-state index contributed by atoms with van der Waals surface area (Å²) in [6.07, 6.45) is 3.49. The molecule has 0 spiro atoms. The third kappa shape index (κ3) is 2.97. The van der Waals surface area contributed by atoms with E-state index in [4.69, 9.17) is 5.73 Å². The van der Waals surface area contributed by atoms with Gasteiger partial charge in [0.15, 0.2) is 0 Å². The number of aromatic nitrogens is 3. The fraction of sp³-hybridized carbons (Fsp3) is 0.0833. The molecule has 1 aromatic heterocycles. The Kier molecular flexibility index (Phi) is 3.73. The van der Waals surface area contributed by atoms with Crippen molar-refractivity contribution < 1.29 is 0 Å². The molecule has 0 amide bonds. The van der Waals surface area contributed by atoms with Crippen molar-refractivity contribution in [2.75, 3.05) is 0 Å². The number of benzene rings is 1. The molecule has 2 heterocycles. The SMILES string of the molecule is NC1=NN=C(N/N=C\c2ccccc2Br)n2ncnc2C1. The minimum atomic E-state index is 0.339. The molecule has 3 N–H and O–H groups in total. The number of halogens is 1. The van der Waals surface area contributed by atoms with E-state index in [2.05, 4.69) is 46.7 Å². The second-order valence-electron chi connectivity index (χ2n) is 4.17. The smallest absolute Gasteiger partial charge is 0.266 e. The van der Waals surface area contributed by atoms with Crippen molar-refractivity contribution >= 4 is 33.9 Å². The van der Waals surface area contributed by atoms with E-state index in [0.29, 0.717) is 24.0 Å². The van der Waals surface area contributed by atoms with Crippen molar-refractivity contribution in [3.8, 4) is 0 Å². The highest BCUT2D eigenvalue weighted by Crippen LogP contribution is 2.13. The molecule has 21 heavy (non-hydrogen) atoms. The molecule has 0 saturated carbocycles. The van der Waals surface area contributed by atoms with Gasteiger partial charge in [-0.05, 0) is 6.07 Å². The molecule has 106 valence electrons. The van der Waals surface area contributed by atoms with Crippen LogP contribution in [-0.4, -0.2) is 32.8 Å². The van der Waals surface area contributed by atoms with Gasteiger partial charge >= 0.3 is 0 Å². The van der Waals surface area contributed by atoms with Crippen molar-refractivity contribution in [3.63, 3.8) is 0 Å². The average Bonchev–Trinajstić information content (AvgIpc) is 2.87. The van der Waals surface area contributed by atoms with Crippen LogP contribution in [0.1, 0.15) is 11.4 Å². The predicted octanol–water partition coefficient (Wildman–Crippen LogP) is 0.697. The quantitative estimate of drug-likeness (QED) is 0.616. The minimum absolute atomic E-state index is 0.339. The van der Waals surface area contributed by atoms with Gasteiger partial charge < -0.3 is 5.73 Å². The summed E-state index contributed by atoms with van der Waals surface area (Å²) in [5, 5.41) is 16.1. The first-order valence-electron chi connectivity index (χ1n) is 6.07. The first-order valence-corrected chi connectivity index (χ1v) is 6.86. The lowest BCUT2D eigenvalue weighted by atomic mass is 10.2. The number of nitrogens with two attached hydrogens (primary N) is 1. The van der Waals surface area contributed by atoms with Crippen molar-refractivity contribution in [1.29, 1.82) is 0 Å². The second kappa shape index (κ2) is 5.83. The maximum atomic E-state index is 5.70. The molecule has 8 nitrogen and oxygen atoms in total. The number of hydrogen-bond acceptors (Lipinski definition) is 7. The Morgan fingerprint density at radius 1 is 1.33 bits per heavy atom. The number of fused-ring (bicyclic) bond motifs is 1. The van der Waals surface area contributed by atoms with Crippen molar-refractivity contribution in [1.82, 2.24) is 20.2 Å². The molecule has 0 unspecified atom stereocenters. The summed E-state index contributed by atoms with van der Waals surface area (Å²) < 4.78 is 2.46. The Bertz CT molecular complexity index is 745. The molecule has 0 fully saturated rings. The standard InChI is InChI=1S/C12H11BrN8/c13-9-4-2-1-3-8(9)6-16-19-12-20-18-10(14)5-11-15-7-17-21(11)12/h1-4,6-7H,5H2,(H2,14,18)(H,19,20)/b16-6-. The Labute approximate surface area is 128 Å². The van der Waals surface area contributed by atoms with Crippen molar-refractivity contribution in [2.24, 2.45) is 21.0 Å². The van der Waals surface area contributed by atoms with E-state index in [1.807, 2.05) is 24.3 Å². The van der Waals surface area contributed by atoms with Gasteiger partial charge in [-0.2, -0.15) is 14.9 Å². The molecule has 1 aliphatic rings. The van der Waals surface area contributed by atoms with Gasteiger partial charge in [0, 0.05) is 10.0 Å². The highest BCUT2D eigenvalue weighted by molar-refractivity contribution is 9.10. The molecule has 1 aliphatic heterocycles. The summed E-state index contributed by atoms with van der Waals surface area (Å²) in [6, 6.07) is 7.73. The topological polar surface area (TPSA) is 106 Å². The van der Waals surface area contributed by atoms with Crippen LogP contribution < -0.4 is 11.2 Å². The zero-order chi connectivity index (χ0) is 14.7. The van der Waals surface area contributed by atoms with Gasteiger partial charge in [0.25, 0.3) is 5.96 Å². The van der Waals surface area contributed by atoms with Gasteiger partial charge in [-0.3, -0.25) is 0 Å². The number of nitrogens with zero attached hydrogens (tertiary/aromatic N) is 6. The van der Waals surface area contributed by atoms with Crippen LogP contribution in [0.25, 0.3) is 0 Å². The Morgan fingerprint density at radius 3 is 3.05 bits per heavy atom. The van der Waals surface area contributed by atoms with Crippen LogP contribution in [0.5, 0.6) is 0 Å². The predicted molar refractivity (Wildman–Crippen MR) is 83.1 cm³/mol. The zero-order valence-electron chi connectivity index (χ0n) is 10.8. The third-order valence-corrected chi connectivity index (χ3v) is 3.43. The summed E-state index contributed by atoms with van der Waals surface area (Å²) in [5.41, 5.74) is 9.43. The molecular formula is C12H11BrN8. The number of amidine groups is 1. The van der Waals surface area contributed by atoms with Crippen LogP contribution in [-0.2, 0) is 6.42 Å². The van der Waals surface area contributed by atoms with Crippen LogP contribution in [0, 0.1) is 0 Å². The first-order chi connectivity index (χ1) is 10.2. The van der Waals surface area contributed by atoms with E-state index in [-0.39, 0.29) is 0 Å². The average molecular weight is 347 g/mol. The fourth-order valence-electron chi connectivity index (χ4n) is 1.72. The van der Waals surface area contributed by atoms with E-state index < -0.39 is 0 Å². The molecule has 0 radical (unpaired) electrons. The number of hydrogen-bond donors (Lipinski definition) is 2. The molecule has 9 heteroatoms. The van der Waals surface area contributed by atoms with E-state index >= 15 is 0 Å². The lowest BCUT2D eigenvalue weighted by Crippen LogP contribution is -2.28. The molecule has 3 rings (SSSR count). The third-order valence-electron chi connectivity index (χ3n) is 2.70. The molecule has 0 aliphatic carbocycles. The maximum absolute atomic E-state index is 5.70. The zero-order valence-corrected chi connectivity index (χ0v) is 12.4. The molecule has 0 saturated heterocycles. The van der Waals surface area contributed by atoms with E-state index in [1.54, 1.807) is 6.21 Å². The highest BCUT2D eigenvalue weighted by Gasteiger charge is 2.14. The normalized spacial score (nSPS) is 14.3. The van der Waals surface area contributed by atoms with Crippen LogP contribution in [0.15, 0.2) is 50.4 Å². The Balaban J connectivity index is 1.81. The molecule has 1 aromatic carbocycles. The van der Waals surface area contributed by atoms with Gasteiger partial charge in [0.2, 0.25) is 0 Å². The van der Waals surface area contributed by atoms with E-state index in [0.717, 1.165) is 10.0 Å². The molecule has 0 atom stereocenters. The first kappa shape index (κ1) is 13.4. The maximum Gasteiger partial charge on any atom is 0.266 e. The molecule has 2 aromatic rings.